The van der Waals surface area contributed by atoms with Crippen LogP contribution in [0, 0.1) is 5.41 Å². The second-order valence-electron chi connectivity index (χ2n) is 8.96. The molecule has 11 heteroatoms. The molecule has 4 aromatic rings. The van der Waals surface area contributed by atoms with Crippen LogP contribution in [0.15, 0.2) is 24.4 Å². The Kier molecular flexibility index (Phi) is 4.27. The SMILES string of the molecule is Nc1nc(NC2CCC3(CC2)CC3)nn2ccc(-c3ccc4nnn(CC(F)F)c4n3)c12. The molecule has 0 atom stereocenters. The Labute approximate surface area is 182 Å². The Hall–Kier alpha value is -3.37. The summed E-state index contributed by atoms with van der Waals surface area (Å²) < 4.78 is 28.5. The van der Waals surface area contributed by atoms with Crippen LogP contribution in [0.1, 0.15) is 38.5 Å². The van der Waals surface area contributed by atoms with Crippen LogP contribution in [0.25, 0.3) is 27.9 Å². The molecule has 4 aromatic heterocycles. The summed E-state index contributed by atoms with van der Waals surface area (Å²) in [4.78, 5) is 9.01. The van der Waals surface area contributed by atoms with Crippen LogP contribution in [0.3, 0.4) is 0 Å². The Balaban J connectivity index is 1.30. The molecule has 2 aliphatic rings. The number of rotatable bonds is 5. The maximum atomic E-state index is 12.8. The van der Waals surface area contributed by atoms with Crippen molar-refractivity contribution in [3.8, 4) is 11.3 Å². The van der Waals surface area contributed by atoms with E-state index in [9.17, 15) is 8.78 Å². The fourth-order valence-corrected chi connectivity index (χ4v) is 4.81. The minimum Gasteiger partial charge on any atom is -0.382 e. The first-order valence-corrected chi connectivity index (χ1v) is 10.9. The topological polar surface area (TPSA) is 112 Å². The molecule has 0 saturated heterocycles. The van der Waals surface area contributed by atoms with Crippen LogP contribution >= 0.6 is 0 Å². The average molecular weight is 439 g/mol. The summed E-state index contributed by atoms with van der Waals surface area (Å²) in [5.41, 5.74) is 9.60. The maximum absolute atomic E-state index is 12.8. The Morgan fingerprint density at radius 2 is 1.94 bits per heavy atom. The number of nitrogens with two attached hydrogens (primary N) is 1. The molecule has 0 aromatic carbocycles. The van der Waals surface area contributed by atoms with E-state index in [1.54, 1.807) is 22.8 Å². The van der Waals surface area contributed by atoms with Gasteiger partial charge in [0, 0.05) is 17.8 Å². The predicted molar refractivity (Wildman–Crippen MR) is 115 cm³/mol. The lowest BCUT2D eigenvalue weighted by molar-refractivity contribution is 0.122. The highest BCUT2D eigenvalue weighted by Crippen LogP contribution is 2.56. The van der Waals surface area contributed by atoms with E-state index in [0.29, 0.717) is 51.2 Å². The van der Waals surface area contributed by atoms with Crippen molar-refractivity contribution in [2.75, 3.05) is 11.1 Å². The summed E-state index contributed by atoms with van der Waals surface area (Å²) >= 11 is 0. The van der Waals surface area contributed by atoms with Crippen LogP contribution in [0.4, 0.5) is 20.5 Å². The molecular formula is C21H23F2N9. The molecule has 9 nitrogen and oxygen atoms in total. The smallest absolute Gasteiger partial charge is 0.258 e. The summed E-state index contributed by atoms with van der Waals surface area (Å²) in [5, 5.41) is 15.7. The predicted octanol–water partition coefficient (Wildman–Crippen LogP) is 3.52. The summed E-state index contributed by atoms with van der Waals surface area (Å²) in [6.07, 6.45) is 6.79. The van der Waals surface area contributed by atoms with E-state index in [1.165, 1.54) is 25.7 Å². The molecule has 4 heterocycles. The van der Waals surface area contributed by atoms with Gasteiger partial charge in [0.2, 0.25) is 5.95 Å². The minimum atomic E-state index is -2.55. The highest BCUT2D eigenvalue weighted by atomic mass is 19.3. The third kappa shape index (κ3) is 3.32. The van der Waals surface area contributed by atoms with E-state index < -0.39 is 13.0 Å². The number of halogens is 2. The van der Waals surface area contributed by atoms with Gasteiger partial charge in [-0.2, -0.15) is 4.98 Å². The van der Waals surface area contributed by atoms with Gasteiger partial charge in [0.25, 0.3) is 6.43 Å². The van der Waals surface area contributed by atoms with Gasteiger partial charge in [-0.15, -0.1) is 10.2 Å². The van der Waals surface area contributed by atoms with Crippen molar-refractivity contribution in [3.05, 3.63) is 24.4 Å². The van der Waals surface area contributed by atoms with Crippen molar-refractivity contribution in [2.24, 2.45) is 5.41 Å². The lowest BCUT2D eigenvalue weighted by Gasteiger charge is -2.29. The van der Waals surface area contributed by atoms with Gasteiger partial charge in [-0.05, 0) is 62.1 Å². The molecule has 0 unspecified atom stereocenters. The van der Waals surface area contributed by atoms with Crippen molar-refractivity contribution in [1.82, 2.24) is 34.6 Å². The number of nitrogens with one attached hydrogen (secondary N) is 1. The number of alkyl halides is 2. The Bertz CT molecular complexity index is 1300. The number of fused-ring (bicyclic) bond motifs is 2. The summed E-state index contributed by atoms with van der Waals surface area (Å²) in [6.45, 7) is -0.563. The normalized spacial score (nSPS) is 18.2. The fourth-order valence-electron chi connectivity index (χ4n) is 4.81. The molecule has 1 spiro atoms. The zero-order chi connectivity index (χ0) is 21.9. The number of nitrogens with zero attached hydrogens (tertiary/aromatic N) is 7. The molecule has 166 valence electrons. The highest BCUT2D eigenvalue weighted by molar-refractivity contribution is 5.88. The number of aromatic nitrogens is 7. The maximum Gasteiger partial charge on any atom is 0.258 e. The zero-order valence-corrected chi connectivity index (χ0v) is 17.4. The molecule has 3 N–H and O–H groups in total. The van der Waals surface area contributed by atoms with Crippen LogP contribution in [-0.4, -0.2) is 47.0 Å². The number of hydrogen-bond donors (Lipinski definition) is 2. The lowest BCUT2D eigenvalue weighted by Crippen LogP contribution is -2.28. The van der Waals surface area contributed by atoms with Gasteiger partial charge in [0.15, 0.2) is 11.5 Å². The quantitative estimate of drug-likeness (QED) is 0.489. The van der Waals surface area contributed by atoms with E-state index in [-0.39, 0.29) is 0 Å². The molecule has 0 bridgehead atoms. The Morgan fingerprint density at radius 1 is 1.12 bits per heavy atom. The Morgan fingerprint density at radius 3 is 2.69 bits per heavy atom. The second-order valence-corrected chi connectivity index (χ2v) is 8.96. The molecule has 2 aliphatic carbocycles. The number of anilines is 2. The second kappa shape index (κ2) is 7.07. The van der Waals surface area contributed by atoms with Gasteiger partial charge in [0.05, 0.1) is 5.69 Å². The fraction of sp³-hybridized carbons (Fsp3) is 0.476. The molecule has 0 amide bonds. The van der Waals surface area contributed by atoms with Crippen LogP contribution < -0.4 is 11.1 Å². The average Bonchev–Trinajstić information content (AvgIpc) is 3.20. The van der Waals surface area contributed by atoms with Crippen molar-refractivity contribution in [2.45, 2.75) is 57.5 Å². The third-order valence-electron chi connectivity index (χ3n) is 6.82. The van der Waals surface area contributed by atoms with E-state index >= 15 is 0 Å². The molecular weight excluding hydrogens is 416 g/mol. The van der Waals surface area contributed by atoms with Gasteiger partial charge in [-0.25, -0.2) is 23.0 Å². The first-order valence-electron chi connectivity index (χ1n) is 10.9. The van der Waals surface area contributed by atoms with Crippen LogP contribution in [0.2, 0.25) is 0 Å². The van der Waals surface area contributed by atoms with E-state index in [4.69, 9.17) is 5.73 Å². The van der Waals surface area contributed by atoms with Crippen LogP contribution in [0.5, 0.6) is 0 Å². The minimum absolute atomic E-state index is 0.297. The van der Waals surface area contributed by atoms with Gasteiger partial charge in [0.1, 0.15) is 17.6 Å². The van der Waals surface area contributed by atoms with Gasteiger partial charge >= 0.3 is 0 Å². The van der Waals surface area contributed by atoms with Crippen molar-refractivity contribution < 1.29 is 8.78 Å². The third-order valence-corrected chi connectivity index (χ3v) is 6.82. The molecule has 6 rings (SSSR count). The van der Waals surface area contributed by atoms with Gasteiger partial charge < -0.3 is 11.1 Å². The largest absolute Gasteiger partial charge is 0.382 e. The molecule has 2 saturated carbocycles. The monoisotopic (exact) mass is 439 g/mol. The van der Waals surface area contributed by atoms with Crippen molar-refractivity contribution in [1.29, 1.82) is 0 Å². The summed E-state index contributed by atoms with van der Waals surface area (Å²) in [6, 6.07) is 5.68. The van der Waals surface area contributed by atoms with E-state index in [2.05, 4.69) is 30.7 Å². The molecule has 2 fully saturated rings. The summed E-state index contributed by atoms with van der Waals surface area (Å²) in [7, 11) is 0. The van der Waals surface area contributed by atoms with Crippen LogP contribution in [-0.2, 0) is 6.54 Å². The first-order chi connectivity index (χ1) is 15.5. The number of hydrogen-bond acceptors (Lipinski definition) is 7. The van der Waals surface area contributed by atoms with Gasteiger partial charge in [-0.1, -0.05) is 5.21 Å². The lowest BCUT2D eigenvalue weighted by atomic mass is 9.83. The van der Waals surface area contributed by atoms with Crippen molar-refractivity contribution in [3.63, 3.8) is 0 Å². The molecule has 32 heavy (non-hydrogen) atoms. The number of nitrogen functional groups attached to an aromatic ring is 1. The summed E-state index contributed by atoms with van der Waals surface area (Å²) in [5.74, 6) is 0.842. The number of pyridine rings is 1. The first kappa shape index (κ1) is 19.3. The standard InChI is InChI=1S/C21H23F2N9/c22-16(23)11-32-19-15(28-30-32)2-1-14(26-19)13-5-10-31-17(13)18(24)27-20(29-31)25-12-3-6-21(7-4-12)8-9-21/h1-2,5,10,12,16H,3-4,6-9,11H2,(H3,24,25,27,29). The van der Waals surface area contributed by atoms with E-state index in [1.807, 2.05) is 6.07 Å². The van der Waals surface area contributed by atoms with Gasteiger partial charge in [-0.3, -0.25) is 0 Å². The molecule has 0 radical (unpaired) electrons. The zero-order valence-electron chi connectivity index (χ0n) is 17.4. The highest BCUT2D eigenvalue weighted by Gasteiger charge is 2.44. The molecule has 0 aliphatic heterocycles. The van der Waals surface area contributed by atoms with E-state index in [0.717, 1.165) is 17.5 Å². The van der Waals surface area contributed by atoms with Crippen molar-refractivity contribution >= 4 is 28.4 Å².